The Balaban J connectivity index is 2.34. The fraction of sp³-hybridized carbons (Fsp3) is 0.211. The Hall–Kier alpha value is -2.51. The molecule has 0 radical (unpaired) electrons. The highest BCUT2D eigenvalue weighted by molar-refractivity contribution is 7.93. The molecular formula is C19H18ClNO5S. The lowest BCUT2D eigenvalue weighted by molar-refractivity contribution is -0.149. The summed E-state index contributed by atoms with van der Waals surface area (Å²) in [4.78, 5) is 12.7. The van der Waals surface area contributed by atoms with Crippen molar-refractivity contribution in [1.82, 2.24) is 0 Å². The van der Waals surface area contributed by atoms with Gasteiger partial charge in [-0.15, -0.1) is 0 Å². The van der Waals surface area contributed by atoms with Crippen LogP contribution < -0.4 is 4.31 Å². The smallest absolute Gasteiger partial charge is 0.360 e. The number of aliphatic hydroxyl groups excluding tert-OH is 1. The highest BCUT2D eigenvalue weighted by Crippen LogP contribution is 2.41. The molecule has 0 amide bonds. The molecule has 0 atom stereocenters. The Labute approximate surface area is 162 Å². The number of esters is 1. The van der Waals surface area contributed by atoms with Crippen LogP contribution in [0, 0.1) is 0 Å². The summed E-state index contributed by atoms with van der Waals surface area (Å²) in [6.45, 7) is 4.94. The van der Waals surface area contributed by atoms with Crippen molar-refractivity contribution in [2.45, 2.75) is 31.3 Å². The van der Waals surface area contributed by atoms with Crippen molar-refractivity contribution in [3.8, 4) is 0 Å². The number of para-hydroxylation sites is 1. The Kier molecular flexibility index (Phi) is 4.69. The minimum atomic E-state index is -4.21. The van der Waals surface area contributed by atoms with E-state index in [0.29, 0.717) is 0 Å². The topological polar surface area (TPSA) is 83.9 Å². The molecule has 0 spiro atoms. The third-order valence-corrected chi connectivity index (χ3v) is 5.84. The first kappa shape index (κ1) is 19.3. The van der Waals surface area contributed by atoms with Crippen LogP contribution in [0.25, 0.3) is 5.76 Å². The lowest BCUT2D eigenvalue weighted by atomic mass is 10.1. The van der Waals surface area contributed by atoms with E-state index in [9.17, 15) is 18.3 Å². The molecule has 1 N–H and O–H groups in total. The van der Waals surface area contributed by atoms with Gasteiger partial charge in [0.2, 0.25) is 0 Å². The summed E-state index contributed by atoms with van der Waals surface area (Å²) in [6.07, 6.45) is 0. The summed E-state index contributed by atoms with van der Waals surface area (Å²) in [6, 6.07) is 12.1. The second-order valence-corrected chi connectivity index (χ2v) is 9.08. The zero-order valence-corrected chi connectivity index (χ0v) is 16.5. The summed E-state index contributed by atoms with van der Waals surface area (Å²) in [5, 5.41) is 10.9. The Morgan fingerprint density at radius 3 is 2.30 bits per heavy atom. The number of rotatable bonds is 2. The largest absolute Gasteiger partial charge is 0.505 e. The van der Waals surface area contributed by atoms with Crippen LogP contribution in [0.15, 0.2) is 59.1 Å². The van der Waals surface area contributed by atoms with E-state index in [1.165, 1.54) is 30.3 Å². The van der Waals surface area contributed by atoms with Crippen LogP contribution in [0.2, 0.25) is 5.02 Å². The van der Waals surface area contributed by atoms with Gasteiger partial charge in [0.25, 0.3) is 10.0 Å². The Morgan fingerprint density at radius 2 is 1.67 bits per heavy atom. The average Bonchev–Trinajstić information content (AvgIpc) is 2.57. The van der Waals surface area contributed by atoms with Gasteiger partial charge in [-0.1, -0.05) is 35.9 Å². The first-order valence-corrected chi connectivity index (χ1v) is 9.91. The maximum atomic E-state index is 13.3. The van der Waals surface area contributed by atoms with E-state index in [2.05, 4.69) is 0 Å². The predicted molar refractivity (Wildman–Crippen MR) is 103 cm³/mol. The van der Waals surface area contributed by atoms with Crippen LogP contribution in [-0.4, -0.2) is 25.1 Å². The van der Waals surface area contributed by atoms with Crippen molar-refractivity contribution < 1.29 is 23.1 Å². The van der Waals surface area contributed by atoms with Gasteiger partial charge in [-0.05, 0) is 45.0 Å². The monoisotopic (exact) mass is 407 g/mol. The molecule has 0 aliphatic carbocycles. The van der Waals surface area contributed by atoms with Crippen molar-refractivity contribution in [3.63, 3.8) is 0 Å². The van der Waals surface area contributed by atoms with E-state index in [0.717, 1.165) is 4.31 Å². The van der Waals surface area contributed by atoms with Crippen LogP contribution in [0.4, 0.5) is 5.69 Å². The molecule has 2 aromatic carbocycles. The fourth-order valence-corrected chi connectivity index (χ4v) is 4.68. The summed E-state index contributed by atoms with van der Waals surface area (Å²) < 4.78 is 32.7. The molecule has 0 saturated heterocycles. The van der Waals surface area contributed by atoms with Crippen molar-refractivity contribution in [2.75, 3.05) is 4.31 Å². The van der Waals surface area contributed by atoms with Gasteiger partial charge in [-0.3, -0.25) is 0 Å². The highest BCUT2D eigenvalue weighted by Gasteiger charge is 2.43. The molecule has 1 heterocycles. The molecule has 27 heavy (non-hydrogen) atoms. The first-order valence-electron chi connectivity index (χ1n) is 8.10. The molecule has 0 unspecified atom stereocenters. The molecule has 3 rings (SSSR count). The summed E-state index contributed by atoms with van der Waals surface area (Å²) in [5.41, 5.74) is -1.32. The fourth-order valence-electron chi connectivity index (χ4n) is 2.70. The van der Waals surface area contributed by atoms with Crippen molar-refractivity contribution >= 4 is 39.0 Å². The Morgan fingerprint density at radius 1 is 1.07 bits per heavy atom. The highest BCUT2D eigenvalue weighted by atomic mass is 35.5. The molecule has 0 aromatic heterocycles. The van der Waals surface area contributed by atoms with Gasteiger partial charge >= 0.3 is 5.97 Å². The van der Waals surface area contributed by atoms with Crippen LogP contribution in [-0.2, 0) is 19.6 Å². The number of carbonyl (C=O) groups is 1. The van der Waals surface area contributed by atoms with Crippen LogP contribution in [0.1, 0.15) is 26.3 Å². The number of ether oxygens (including phenoxy) is 1. The van der Waals surface area contributed by atoms with Gasteiger partial charge in [-0.25, -0.2) is 17.5 Å². The van der Waals surface area contributed by atoms with E-state index in [1.807, 2.05) is 0 Å². The third-order valence-electron chi connectivity index (χ3n) is 3.75. The van der Waals surface area contributed by atoms with E-state index in [1.54, 1.807) is 39.0 Å². The lowest BCUT2D eigenvalue weighted by Crippen LogP contribution is -2.40. The summed E-state index contributed by atoms with van der Waals surface area (Å²) in [5.74, 6) is -1.47. The van der Waals surface area contributed by atoms with Gasteiger partial charge in [0.05, 0.1) is 15.6 Å². The van der Waals surface area contributed by atoms with Crippen LogP contribution in [0.3, 0.4) is 0 Å². The zero-order valence-electron chi connectivity index (χ0n) is 14.9. The Bertz CT molecular complexity index is 1050. The van der Waals surface area contributed by atoms with Gasteiger partial charge in [0.1, 0.15) is 5.60 Å². The SMILES string of the molecule is CC(C)(C)OC(=O)C1=C(O)c2ccccc2S(=O)(=O)N1c1ccccc1Cl. The number of hydrogen-bond donors (Lipinski definition) is 1. The van der Waals surface area contributed by atoms with Gasteiger partial charge in [-0.2, -0.15) is 0 Å². The molecule has 6 nitrogen and oxygen atoms in total. The molecular weight excluding hydrogens is 390 g/mol. The second-order valence-electron chi connectivity index (χ2n) is 6.92. The molecule has 0 bridgehead atoms. The maximum absolute atomic E-state index is 13.3. The van der Waals surface area contributed by atoms with Crippen molar-refractivity contribution in [1.29, 1.82) is 0 Å². The van der Waals surface area contributed by atoms with Crippen LogP contribution in [0.5, 0.6) is 0 Å². The quantitative estimate of drug-likeness (QED) is 0.757. The average molecular weight is 408 g/mol. The normalized spacial score (nSPS) is 16.1. The minimum Gasteiger partial charge on any atom is -0.505 e. The van der Waals surface area contributed by atoms with Crippen molar-refractivity contribution in [2.24, 2.45) is 0 Å². The van der Waals surface area contributed by atoms with E-state index < -0.39 is 33.0 Å². The van der Waals surface area contributed by atoms with E-state index >= 15 is 0 Å². The molecule has 0 fully saturated rings. The molecule has 0 saturated carbocycles. The number of benzene rings is 2. The van der Waals surface area contributed by atoms with Gasteiger partial charge in [0, 0.05) is 5.56 Å². The number of carbonyl (C=O) groups excluding carboxylic acids is 1. The number of hydrogen-bond acceptors (Lipinski definition) is 5. The summed E-state index contributed by atoms with van der Waals surface area (Å²) in [7, 11) is -4.21. The first-order chi connectivity index (χ1) is 12.5. The predicted octanol–water partition coefficient (Wildman–Crippen LogP) is 4.12. The number of aliphatic hydroxyl groups is 1. The van der Waals surface area contributed by atoms with Crippen molar-refractivity contribution in [3.05, 3.63) is 64.8 Å². The molecule has 2 aromatic rings. The number of fused-ring (bicyclic) bond motifs is 1. The van der Waals surface area contributed by atoms with Gasteiger partial charge < -0.3 is 9.84 Å². The summed E-state index contributed by atoms with van der Waals surface area (Å²) >= 11 is 6.20. The molecule has 142 valence electrons. The van der Waals surface area contributed by atoms with Gasteiger partial charge in [0.15, 0.2) is 11.5 Å². The van der Waals surface area contributed by atoms with E-state index in [4.69, 9.17) is 16.3 Å². The standard InChI is InChI=1S/C19H18ClNO5S/c1-19(2,3)26-18(23)16-17(22)12-8-4-7-11-15(12)27(24,25)21(16)14-10-6-5-9-13(14)20/h4-11,22H,1-3H3. The molecule has 8 heteroatoms. The van der Waals surface area contributed by atoms with E-state index in [-0.39, 0.29) is 21.2 Å². The number of nitrogens with zero attached hydrogens (tertiary/aromatic N) is 1. The maximum Gasteiger partial charge on any atom is 0.360 e. The number of anilines is 1. The molecule has 1 aliphatic rings. The molecule has 1 aliphatic heterocycles. The third kappa shape index (κ3) is 3.40. The number of halogens is 1. The minimum absolute atomic E-state index is 0.0293. The number of sulfonamides is 1. The second kappa shape index (κ2) is 6.58. The lowest BCUT2D eigenvalue weighted by Gasteiger charge is -2.32. The zero-order chi connectivity index (χ0) is 20.0. The van der Waals surface area contributed by atoms with Crippen LogP contribution >= 0.6 is 11.6 Å².